The molecule has 1 N–H and O–H groups in total. The van der Waals surface area contributed by atoms with Gasteiger partial charge in [-0.1, -0.05) is 19.8 Å². The van der Waals surface area contributed by atoms with Gasteiger partial charge in [0, 0.05) is 13.2 Å². The van der Waals surface area contributed by atoms with E-state index in [0.29, 0.717) is 11.8 Å². The summed E-state index contributed by atoms with van der Waals surface area (Å²) in [5.74, 6) is 1.05. The largest absolute Gasteiger partial charge is 0.389 e. The normalized spacial score (nSPS) is 40.3. The van der Waals surface area contributed by atoms with Crippen LogP contribution in [0.4, 0.5) is 0 Å². The van der Waals surface area contributed by atoms with E-state index in [1.807, 2.05) is 0 Å². The highest BCUT2D eigenvalue weighted by atomic mass is 16.5. The molecule has 2 atom stereocenters. The first kappa shape index (κ1) is 10.4. The summed E-state index contributed by atoms with van der Waals surface area (Å²) in [5.41, 5.74) is -0.349. The van der Waals surface area contributed by atoms with Crippen LogP contribution in [-0.4, -0.2) is 23.9 Å². The highest BCUT2D eigenvalue weighted by molar-refractivity contribution is 4.97. The molecule has 82 valence electrons. The Balaban J connectivity index is 2.04. The first-order valence-corrected chi connectivity index (χ1v) is 6.07. The standard InChI is InChI=1S/C12H22O2/c1-2-10-4-3-7-12(10,13)11-5-8-14-9-6-11/h10-11,13H,2-9H2,1H3. The topological polar surface area (TPSA) is 29.5 Å². The first-order valence-electron chi connectivity index (χ1n) is 6.07. The van der Waals surface area contributed by atoms with Gasteiger partial charge in [-0.3, -0.25) is 0 Å². The summed E-state index contributed by atoms with van der Waals surface area (Å²) >= 11 is 0. The van der Waals surface area contributed by atoms with Gasteiger partial charge < -0.3 is 9.84 Å². The maximum Gasteiger partial charge on any atom is 0.0705 e. The van der Waals surface area contributed by atoms with E-state index >= 15 is 0 Å². The molecule has 1 aliphatic heterocycles. The zero-order chi connectivity index (χ0) is 10.0. The van der Waals surface area contributed by atoms with Crippen molar-refractivity contribution in [2.75, 3.05) is 13.2 Å². The second-order valence-electron chi connectivity index (χ2n) is 4.88. The molecule has 2 unspecified atom stereocenters. The number of hydrogen-bond donors (Lipinski definition) is 1. The molecule has 0 bridgehead atoms. The summed E-state index contributed by atoms with van der Waals surface area (Å²) in [6.07, 6.45) is 6.72. The van der Waals surface area contributed by atoms with Crippen LogP contribution in [0.5, 0.6) is 0 Å². The summed E-state index contributed by atoms with van der Waals surface area (Å²) in [5, 5.41) is 10.7. The van der Waals surface area contributed by atoms with Crippen molar-refractivity contribution in [2.45, 2.75) is 51.0 Å². The van der Waals surface area contributed by atoms with E-state index in [1.165, 1.54) is 12.8 Å². The zero-order valence-electron chi connectivity index (χ0n) is 9.17. The van der Waals surface area contributed by atoms with Crippen LogP contribution in [0.2, 0.25) is 0 Å². The number of hydrogen-bond acceptors (Lipinski definition) is 2. The Hall–Kier alpha value is -0.0800. The lowest BCUT2D eigenvalue weighted by molar-refractivity contribution is -0.0896. The Bertz CT molecular complexity index is 187. The predicted molar refractivity (Wildman–Crippen MR) is 56.1 cm³/mol. The van der Waals surface area contributed by atoms with Crippen molar-refractivity contribution in [2.24, 2.45) is 11.8 Å². The second kappa shape index (κ2) is 4.19. The quantitative estimate of drug-likeness (QED) is 0.738. The lowest BCUT2D eigenvalue weighted by Crippen LogP contribution is -2.43. The van der Waals surface area contributed by atoms with Gasteiger partial charge in [-0.05, 0) is 37.5 Å². The minimum Gasteiger partial charge on any atom is -0.389 e. The molecule has 0 aromatic rings. The average Bonchev–Trinajstić information content (AvgIpc) is 2.62. The third-order valence-electron chi connectivity index (χ3n) is 4.26. The molecule has 2 fully saturated rings. The molecule has 14 heavy (non-hydrogen) atoms. The predicted octanol–water partition coefficient (Wildman–Crippen LogP) is 2.35. The molecule has 0 spiro atoms. The van der Waals surface area contributed by atoms with Crippen LogP contribution in [0.15, 0.2) is 0 Å². The zero-order valence-corrected chi connectivity index (χ0v) is 9.17. The fraction of sp³-hybridized carbons (Fsp3) is 1.00. The number of ether oxygens (including phenoxy) is 1. The minimum atomic E-state index is -0.349. The van der Waals surface area contributed by atoms with Gasteiger partial charge >= 0.3 is 0 Å². The third-order valence-corrected chi connectivity index (χ3v) is 4.26. The maximum atomic E-state index is 10.7. The van der Waals surface area contributed by atoms with Crippen LogP contribution in [0.3, 0.4) is 0 Å². The van der Waals surface area contributed by atoms with E-state index in [1.54, 1.807) is 0 Å². The molecular weight excluding hydrogens is 176 g/mol. The van der Waals surface area contributed by atoms with E-state index in [9.17, 15) is 5.11 Å². The van der Waals surface area contributed by atoms with Gasteiger partial charge in [0.1, 0.15) is 0 Å². The summed E-state index contributed by atoms with van der Waals surface area (Å²) < 4.78 is 5.36. The molecule has 0 radical (unpaired) electrons. The molecule has 0 aromatic carbocycles. The van der Waals surface area contributed by atoms with Gasteiger partial charge in [-0.25, -0.2) is 0 Å². The van der Waals surface area contributed by atoms with Gasteiger partial charge in [-0.2, -0.15) is 0 Å². The van der Waals surface area contributed by atoms with Crippen molar-refractivity contribution in [1.29, 1.82) is 0 Å². The first-order chi connectivity index (χ1) is 6.77. The van der Waals surface area contributed by atoms with Crippen molar-refractivity contribution < 1.29 is 9.84 Å². The van der Waals surface area contributed by atoms with Gasteiger partial charge in [0.15, 0.2) is 0 Å². The van der Waals surface area contributed by atoms with Crippen molar-refractivity contribution >= 4 is 0 Å². The van der Waals surface area contributed by atoms with E-state index in [-0.39, 0.29) is 5.60 Å². The monoisotopic (exact) mass is 198 g/mol. The lowest BCUT2D eigenvalue weighted by Gasteiger charge is -2.39. The summed E-state index contributed by atoms with van der Waals surface area (Å²) in [6.45, 7) is 3.91. The van der Waals surface area contributed by atoms with E-state index in [2.05, 4.69) is 6.92 Å². The number of aliphatic hydroxyl groups is 1. The van der Waals surface area contributed by atoms with Crippen LogP contribution in [0.25, 0.3) is 0 Å². The van der Waals surface area contributed by atoms with Crippen LogP contribution in [-0.2, 0) is 4.74 Å². The highest BCUT2D eigenvalue weighted by Crippen LogP contribution is 2.45. The van der Waals surface area contributed by atoms with E-state index < -0.39 is 0 Å². The maximum absolute atomic E-state index is 10.7. The molecule has 0 aromatic heterocycles. The van der Waals surface area contributed by atoms with E-state index in [4.69, 9.17) is 4.74 Å². The Morgan fingerprint density at radius 2 is 2.00 bits per heavy atom. The summed E-state index contributed by atoms with van der Waals surface area (Å²) in [4.78, 5) is 0. The van der Waals surface area contributed by atoms with Crippen molar-refractivity contribution in [3.8, 4) is 0 Å². The van der Waals surface area contributed by atoms with Crippen LogP contribution in [0, 0.1) is 11.8 Å². The molecule has 0 amide bonds. The average molecular weight is 198 g/mol. The van der Waals surface area contributed by atoms with Crippen LogP contribution in [0.1, 0.15) is 45.4 Å². The van der Waals surface area contributed by atoms with Crippen molar-refractivity contribution in [1.82, 2.24) is 0 Å². The Morgan fingerprint density at radius 1 is 1.29 bits per heavy atom. The fourth-order valence-corrected chi connectivity index (χ4v) is 3.38. The molecule has 1 heterocycles. The van der Waals surface area contributed by atoms with Gasteiger partial charge in [0.05, 0.1) is 5.60 Å². The molecular formula is C12H22O2. The molecule has 2 rings (SSSR count). The Morgan fingerprint density at radius 3 is 2.64 bits per heavy atom. The molecule has 1 aliphatic carbocycles. The van der Waals surface area contributed by atoms with Crippen LogP contribution >= 0.6 is 0 Å². The molecule has 1 saturated carbocycles. The number of rotatable bonds is 2. The second-order valence-corrected chi connectivity index (χ2v) is 4.88. The summed E-state index contributed by atoms with van der Waals surface area (Å²) in [7, 11) is 0. The molecule has 2 nitrogen and oxygen atoms in total. The Labute approximate surface area is 86.6 Å². The third kappa shape index (κ3) is 1.70. The lowest BCUT2D eigenvalue weighted by atomic mass is 9.74. The van der Waals surface area contributed by atoms with E-state index in [0.717, 1.165) is 38.9 Å². The fourth-order valence-electron chi connectivity index (χ4n) is 3.38. The van der Waals surface area contributed by atoms with Gasteiger partial charge in [0.2, 0.25) is 0 Å². The van der Waals surface area contributed by atoms with Gasteiger partial charge in [-0.15, -0.1) is 0 Å². The van der Waals surface area contributed by atoms with Crippen molar-refractivity contribution in [3.05, 3.63) is 0 Å². The minimum absolute atomic E-state index is 0.349. The molecule has 2 heteroatoms. The Kier molecular flexibility index (Phi) is 3.13. The highest BCUT2D eigenvalue weighted by Gasteiger charge is 2.46. The van der Waals surface area contributed by atoms with Crippen LogP contribution < -0.4 is 0 Å². The van der Waals surface area contributed by atoms with Gasteiger partial charge in [0.25, 0.3) is 0 Å². The van der Waals surface area contributed by atoms with Crippen molar-refractivity contribution in [3.63, 3.8) is 0 Å². The smallest absolute Gasteiger partial charge is 0.0705 e. The summed E-state index contributed by atoms with van der Waals surface area (Å²) in [6, 6.07) is 0. The molecule has 2 aliphatic rings. The SMILES string of the molecule is CCC1CCCC1(O)C1CCOCC1. The molecule has 1 saturated heterocycles.